The van der Waals surface area contributed by atoms with Gasteiger partial charge >= 0.3 is 0 Å². The lowest BCUT2D eigenvalue weighted by Crippen LogP contribution is -2.33. The molecule has 0 amide bonds. The molecule has 1 aromatic rings. The minimum atomic E-state index is 0. The minimum Gasteiger partial charge on any atom is -0.306 e. The van der Waals surface area contributed by atoms with Gasteiger partial charge in [-0.2, -0.15) is 0 Å². The van der Waals surface area contributed by atoms with Crippen molar-refractivity contribution in [2.45, 2.75) is 12.8 Å². The van der Waals surface area contributed by atoms with Gasteiger partial charge in [-0.15, -0.1) is 12.4 Å². The summed E-state index contributed by atoms with van der Waals surface area (Å²) in [6.07, 6.45) is 3.61. The first-order chi connectivity index (χ1) is 7.27. The van der Waals surface area contributed by atoms with E-state index in [1.54, 1.807) is 12.3 Å². The number of piperidine rings is 1. The van der Waals surface area contributed by atoms with Gasteiger partial charge in [-0.3, -0.25) is 9.78 Å². The lowest BCUT2D eigenvalue weighted by atomic mass is 9.91. The molecule has 0 N–H and O–H groups in total. The molecule has 16 heavy (non-hydrogen) atoms. The molecule has 2 rings (SSSR count). The molecule has 4 heteroatoms. The smallest absolute Gasteiger partial charge is 0.184 e. The van der Waals surface area contributed by atoms with Crippen molar-refractivity contribution >= 4 is 18.2 Å². The lowest BCUT2D eigenvalue weighted by Gasteiger charge is -2.27. The number of aromatic nitrogens is 1. The Labute approximate surface area is 102 Å². The van der Waals surface area contributed by atoms with Crippen LogP contribution in [-0.4, -0.2) is 35.8 Å². The number of likely N-dealkylation sites (tertiary alicyclic amines) is 1. The van der Waals surface area contributed by atoms with E-state index in [4.69, 9.17) is 0 Å². The number of nitrogens with zero attached hydrogens (tertiary/aromatic N) is 2. The van der Waals surface area contributed by atoms with Crippen molar-refractivity contribution in [2.24, 2.45) is 5.92 Å². The monoisotopic (exact) mass is 240 g/mol. The molecule has 3 nitrogen and oxygen atoms in total. The summed E-state index contributed by atoms with van der Waals surface area (Å²) in [6, 6.07) is 5.52. The van der Waals surface area contributed by atoms with Gasteiger partial charge in [0.2, 0.25) is 0 Å². The van der Waals surface area contributed by atoms with Gasteiger partial charge < -0.3 is 4.90 Å². The number of pyridine rings is 1. The average Bonchev–Trinajstić information content (AvgIpc) is 2.30. The van der Waals surface area contributed by atoms with Crippen LogP contribution in [0.2, 0.25) is 0 Å². The van der Waals surface area contributed by atoms with E-state index in [-0.39, 0.29) is 24.1 Å². The highest BCUT2D eigenvalue weighted by Crippen LogP contribution is 2.19. The van der Waals surface area contributed by atoms with Gasteiger partial charge in [-0.1, -0.05) is 6.07 Å². The summed E-state index contributed by atoms with van der Waals surface area (Å²) in [5.41, 5.74) is 0.618. The number of carbonyl (C=O) groups is 1. The van der Waals surface area contributed by atoms with Crippen molar-refractivity contribution in [1.82, 2.24) is 9.88 Å². The zero-order valence-corrected chi connectivity index (χ0v) is 10.2. The maximum absolute atomic E-state index is 12.0. The Morgan fingerprint density at radius 1 is 1.38 bits per heavy atom. The molecule has 0 aliphatic carbocycles. The molecule has 0 saturated carbocycles. The Hall–Kier alpha value is -0.930. The van der Waals surface area contributed by atoms with E-state index in [1.807, 2.05) is 12.1 Å². The van der Waals surface area contributed by atoms with Crippen molar-refractivity contribution in [1.29, 1.82) is 0 Å². The standard InChI is InChI=1S/C12H16N2O.ClH/c1-14-8-5-10(6-9-14)12(15)11-4-2-3-7-13-11;/h2-4,7,10H,5-6,8-9H2,1H3;1H. The Bertz CT molecular complexity index is 334. The number of carbonyl (C=O) groups excluding carboxylic acids is 1. The first-order valence-corrected chi connectivity index (χ1v) is 5.41. The highest BCUT2D eigenvalue weighted by Gasteiger charge is 2.24. The summed E-state index contributed by atoms with van der Waals surface area (Å²) in [5, 5.41) is 0. The number of Topliss-reactive ketones (excluding diaryl/α,β-unsaturated/α-hetero) is 1. The largest absolute Gasteiger partial charge is 0.306 e. The van der Waals surface area contributed by atoms with Crippen molar-refractivity contribution in [2.75, 3.05) is 20.1 Å². The number of hydrogen-bond acceptors (Lipinski definition) is 3. The fourth-order valence-electron chi connectivity index (χ4n) is 1.99. The van der Waals surface area contributed by atoms with Crippen molar-refractivity contribution < 1.29 is 4.79 Å². The van der Waals surface area contributed by atoms with Gasteiger partial charge in [-0.25, -0.2) is 0 Å². The Morgan fingerprint density at radius 3 is 2.62 bits per heavy atom. The van der Waals surface area contributed by atoms with Crippen LogP contribution in [0.3, 0.4) is 0 Å². The number of halogens is 1. The van der Waals surface area contributed by atoms with Gasteiger partial charge in [0, 0.05) is 12.1 Å². The maximum Gasteiger partial charge on any atom is 0.184 e. The van der Waals surface area contributed by atoms with E-state index >= 15 is 0 Å². The summed E-state index contributed by atoms with van der Waals surface area (Å²) >= 11 is 0. The van der Waals surface area contributed by atoms with Crippen LogP contribution in [0.15, 0.2) is 24.4 Å². The third kappa shape index (κ3) is 3.03. The van der Waals surface area contributed by atoms with E-state index in [0.29, 0.717) is 5.69 Å². The van der Waals surface area contributed by atoms with E-state index in [9.17, 15) is 4.79 Å². The molecular formula is C12H17ClN2O. The summed E-state index contributed by atoms with van der Waals surface area (Å²) in [7, 11) is 2.10. The van der Waals surface area contributed by atoms with Crippen LogP contribution in [0.5, 0.6) is 0 Å². The first kappa shape index (κ1) is 13.1. The van der Waals surface area contributed by atoms with E-state index in [2.05, 4.69) is 16.9 Å². The molecule has 1 fully saturated rings. The quantitative estimate of drug-likeness (QED) is 0.742. The number of ketones is 1. The van der Waals surface area contributed by atoms with Gasteiger partial charge in [-0.05, 0) is 45.1 Å². The number of rotatable bonds is 2. The average molecular weight is 241 g/mol. The predicted octanol–water partition coefficient (Wildman–Crippen LogP) is 2.03. The summed E-state index contributed by atoms with van der Waals surface area (Å²) < 4.78 is 0. The maximum atomic E-state index is 12.0. The molecule has 0 spiro atoms. The lowest BCUT2D eigenvalue weighted by molar-refractivity contribution is 0.0851. The zero-order chi connectivity index (χ0) is 10.7. The highest BCUT2D eigenvalue weighted by molar-refractivity contribution is 5.96. The fraction of sp³-hybridized carbons (Fsp3) is 0.500. The molecule has 1 aliphatic heterocycles. The van der Waals surface area contributed by atoms with Crippen LogP contribution in [-0.2, 0) is 0 Å². The predicted molar refractivity (Wildman–Crippen MR) is 66.0 cm³/mol. The van der Waals surface area contributed by atoms with Crippen LogP contribution < -0.4 is 0 Å². The second-order valence-corrected chi connectivity index (χ2v) is 4.16. The summed E-state index contributed by atoms with van der Waals surface area (Å²) in [4.78, 5) is 18.4. The molecule has 1 saturated heterocycles. The van der Waals surface area contributed by atoms with Gasteiger partial charge in [0.25, 0.3) is 0 Å². The Morgan fingerprint density at radius 2 is 2.06 bits per heavy atom. The molecule has 0 aromatic carbocycles. The molecule has 0 unspecified atom stereocenters. The molecule has 0 atom stereocenters. The fourth-order valence-corrected chi connectivity index (χ4v) is 1.99. The second kappa shape index (κ2) is 5.97. The summed E-state index contributed by atoms with van der Waals surface area (Å²) in [6.45, 7) is 2.03. The first-order valence-electron chi connectivity index (χ1n) is 5.41. The van der Waals surface area contributed by atoms with E-state index < -0.39 is 0 Å². The summed E-state index contributed by atoms with van der Waals surface area (Å²) in [5.74, 6) is 0.389. The van der Waals surface area contributed by atoms with Crippen molar-refractivity contribution in [3.63, 3.8) is 0 Å². The van der Waals surface area contributed by atoms with Crippen LogP contribution in [0, 0.1) is 5.92 Å². The topological polar surface area (TPSA) is 33.2 Å². The Kier molecular flexibility index (Phi) is 4.90. The van der Waals surface area contributed by atoms with E-state index in [0.717, 1.165) is 25.9 Å². The molecule has 0 radical (unpaired) electrons. The van der Waals surface area contributed by atoms with Crippen molar-refractivity contribution in [3.05, 3.63) is 30.1 Å². The van der Waals surface area contributed by atoms with Gasteiger partial charge in [0.15, 0.2) is 5.78 Å². The van der Waals surface area contributed by atoms with Crippen LogP contribution in [0.4, 0.5) is 0 Å². The molecule has 1 aliphatic rings. The highest BCUT2D eigenvalue weighted by atomic mass is 35.5. The third-order valence-corrected chi connectivity index (χ3v) is 3.01. The van der Waals surface area contributed by atoms with Crippen LogP contribution in [0.1, 0.15) is 23.3 Å². The number of hydrogen-bond donors (Lipinski definition) is 0. The third-order valence-electron chi connectivity index (χ3n) is 3.01. The van der Waals surface area contributed by atoms with Crippen LogP contribution in [0.25, 0.3) is 0 Å². The Balaban J connectivity index is 0.00000128. The van der Waals surface area contributed by atoms with Crippen LogP contribution >= 0.6 is 12.4 Å². The minimum absolute atomic E-state index is 0. The zero-order valence-electron chi connectivity index (χ0n) is 9.43. The SMILES string of the molecule is CN1CCC(C(=O)c2ccccn2)CC1.Cl. The van der Waals surface area contributed by atoms with Gasteiger partial charge in [0.1, 0.15) is 5.69 Å². The molecule has 1 aromatic heterocycles. The van der Waals surface area contributed by atoms with Crippen molar-refractivity contribution in [3.8, 4) is 0 Å². The molecule has 2 heterocycles. The molecule has 0 bridgehead atoms. The van der Waals surface area contributed by atoms with Gasteiger partial charge in [0.05, 0.1) is 0 Å². The normalized spacial score (nSPS) is 17.8. The van der Waals surface area contributed by atoms with E-state index in [1.165, 1.54) is 0 Å². The second-order valence-electron chi connectivity index (χ2n) is 4.16. The molecule has 88 valence electrons. The molecular weight excluding hydrogens is 224 g/mol.